The molecule has 2 aromatic carbocycles. The number of aliphatic hydroxyl groups is 1. The van der Waals surface area contributed by atoms with Crippen molar-refractivity contribution in [2.24, 2.45) is 0 Å². The van der Waals surface area contributed by atoms with E-state index in [-0.39, 0.29) is 5.56 Å². The number of halogens is 3. The van der Waals surface area contributed by atoms with Crippen molar-refractivity contribution in [1.29, 1.82) is 0 Å². The van der Waals surface area contributed by atoms with Crippen LogP contribution in [0.5, 0.6) is 0 Å². The minimum absolute atomic E-state index is 0.00287. The normalized spacial score (nSPS) is 19.6. The van der Waals surface area contributed by atoms with E-state index in [1.54, 1.807) is 18.2 Å². The Bertz CT molecular complexity index is 844. The number of carbonyl (C=O) groups excluding carboxylic acids is 1. The van der Waals surface area contributed by atoms with Gasteiger partial charge in [-0.25, -0.2) is 8.78 Å². The predicted octanol–water partition coefficient (Wildman–Crippen LogP) is 2.87. The average molecular weight is 411 g/mol. The Hall–Kier alpha value is -1.83. The quantitative estimate of drug-likeness (QED) is 0.842. The first-order chi connectivity index (χ1) is 11.8. The van der Waals surface area contributed by atoms with Gasteiger partial charge < -0.3 is 14.9 Å². The Morgan fingerprint density at radius 3 is 2.56 bits per heavy atom. The second-order valence-corrected chi connectivity index (χ2v) is 7.09. The van der Waals surface area contributed by atoms with Crippen LogP contribution in [0.25, 0.3) is 0 Å². The second kappa shape index (κ2) is 6.48. The van der Waals surface area contributed by atoms with E-state index in [0.717, 1.165) is 12.1 Å². The van der Waals surface area contributed by atoms with Crippen LogP contribution < -0.4 is 4.90 Å². The van der Waals surface area contributed by atoms with Gasteiger partial charge in [-0.2, -0.15) is 0 Å². The standard InChI is InChI=1S/C18H17BrF2N2O2/c1-22(2)8-9-23-15-5-3-4-12(19)16(15)18(25,17(23)24)11-6-7-13(20)14(21)10-11/h3-7,10,25H,8-9H2,1-2H3. The summed E-state index contributed by atoms with van der Waals surface area (Å²) < 4.78 is 27.6. The lowest BCUT2D eigenvalue weighted by Crippen LogP contribution is -2.43. The van der Waals surface area contributed by atoms with Crippen molar-refractivity contribution in [2.75, 3.05) is 32.1 Å². The van der Waals surface area contributed by atoms with E-state index in [1.165, 1.54) is 11.0 Å². The predicted molar refractivity (Wildman–Crippen MR) is 94.4 cm³/mol. The van der Waals surface area contributed by atoms with Gasteiger partial charge in [-0.3, -0.25) is 4.79 Å². The van der Waals surface area contributed by atoms with E-state index in [1.807, 2.05) is 19.0 Å². The van der Waals surface area contributed by atoms with Crippen LogP contribution in [0.3, 0.4) is 0 Å². The molecule has 1 unspecified atom stereocenters. The SMILES string of the molecule is CN(C)CCN1C(=O)C(O)(c2ccc(F)c(F)c2)c2c(Br)cccc21. The highest BCUT2D eigenvalue weighted by atomic mass is 79.9. The Labute approximate surface area is 152 Å². The third kappa shape index (κ3) is 2.86. The zero-order chi connectivity index (χ0) is 18.4. The minimum atomic E-state index is -2.07. The average Bonchev–Trinajstić information content (AvgIpc) is 2.78. The van der Waals surface area contributed by atoms with E-state index in [9.17, 15) is 18.7 Å². The number of fused-ring (bicyclic) bond motifs is 1. The molecule has 0 saturated heterocycles. The van der Waals surface area contributed by atoms with Crippen LogP contribution in [-0.4, -0.2) is 43.1 Å². The van der Waals surface area contributed by atoms with Gasteiger partial charge in [0.1, 0.15) is 0 Å². The number of rotatable bonds is 4. The Morgan fingerprint density at radius 2 is 1.92 bits per heavy atom. The number of anilines is 1. The molecule has 4 nitrogen and oxygen atoms in total. The molecule has 3 rings (SSSR count). The zero-order valence-electron chi connectivity index (χ0n) is 13.8. The first kappa shape index (κ1) is 18.0. The van der Waals surface area contributed by atoms with Gasteiger partial charge in [-0.1, -0.05) is 28.1 Å². The number of nitrogens with zero attached hydrogens (tertiary/aromatic N) is 2. The van der Waals surface area contributed by atoms with Crippen LogP contribution >= 0.6 is 15.9 Å². The van der Waals surface area contributed by atoms with Crippen molar-refractivity contribution in [3.05, 3.63) is 63.6 Å². The van der Waals surface area contributed by atoms with Crippen molar-refractivity contribution < 1.29 is 18.7 Å². The molecule has 0 fully saturated rings. The largest absolute Gasteiger partial charge is 0.372 e. The molecule has 1 aliphatic rings. The van der Waals surface area contributed by atoms with Gasteiger partial charge in [-0.05, 0) is 38.4 Å². The van der Waals surface area contributed by atoms with Gasteiger partial charge in [0.25, 0.3) is 5.91 Å². The van der Waals surface area contributed by atoms with Gasteiger partial charge in [-0.15, -0.1) is 0 Å². The van der Waals surface area contributed by atoms with Crippen LogP contribution in [0.2, 0.25) is 0 Å². The first-order valence-electron chi connectivity index (χ1n) is 7.70. The van der Waals surface area contributed by atoms with Gasteiger partial charge in [0, 0.05) is 28.7 Å². The van der Waals surface area contributed by atoms with Crippen molar-refractivity contribution in [1.82, 2.24) is 4.90 Å². The van der Waals surface area contributed by atoms with Gasteiger partial charge in [0.05, 0.1) is 5.69 Å². The number of hydrogen-bond donors (Lipinski definition) is 1. The van der Waals surface area contributed by atoms with Gasteiger partial charge in [0.15, 0.2) is 17.2 Å². The maximum Gasteiger partial charge on any atom is 0.268 e. The molecular formula is C18H17BrF2N2O2. The van der Waals surface area contributed by atoms with E-state index in [2.05, 4.69) is 15.9 Å². The summed E-state index contributed by atoms with van der Waals surface area (Å²) in [6, 6.07) is 8.20. The van der Waals surface area contributed by atoms with Crippen LogP contribution in [0, 0.1) is 11.6 Å². The van der Waals surface area contributed by atoms with Gasteiger partial charge >= 0.3 is 0 Å². The topological polar surface area (TPSA) is 43.8 Å². The lowest BCUT2D eigenvalue weighted by molar-refractivity contribution is -0.132. The molecule has 1 amide bonds. The molecule has 25 heavy (non-hydrogen) atoms. The number of amides is 1. The van der Waals surface area contributed by atoms with Crippen LogP contribution in [0.4, 0.5) is 14.5 Å². The molecule has 1 heterocycles. The van der Waals surface area contributed by atoms with Crippen LogP contribution in [-0.2, 0) is 10.4 Å². The van der Waals surface area contributed by atoms with Crippen molar-refractivity contribution in [2.45, 2.75) is 5.60 Å². The van der Waals surface area contributed by atoms with Crippen molar-refractivity contribution >= 4 is 27.5 Å². The molecule has 132 valence electrons. The molecule has 1 aliphatic heterocycles. The first-order valence-corrected chi connectivity index (χ1v) is 8.49. The lowest BCUT2D eigenvalue weighted by Gasteiger charge is -2.25. The highest BCUT2D eigenvalue weighted by Crippen LogP contribution is 2.47. The number of benzene rings is 2. The summed E-state index contributed by atoms with van der Waals surface area (Å²) >= 11 is 3.37. The minimum Gasteiger partial charge on any atom is -0.372 e. The highest BCUT2D eigenvalue weighted by molar-refractivity contribution is 9.10. The molecule has 0 bridgehead atoms. The summed E-state index contributed by atoms with van der Waals surface area (Å²) in [5, 5.41) is 11.3. The molecule has 2 aromatic rings. The van der Waals surface area contributed by atoms with E-state index in [0.29, 0.717) is 28.8 Å². The van der Waals surface area contributed by atoms with E-state index in [4.69, 9.17) is 0 Å². The molecule has 7 heteroatoms. The Kier molecular flexibility index (Phi) is 4.66. The third-order valence-electron chi connectivity index (χ3n) is 4.31. The maximum atomic E-state index is 13.7. The molecule has 0 aromatic heterocycles. The molecular weight excluding hydrogens is 394 g/mol. The number of hydrogen-bond acceptors (Lipinski definition) is 3. The molecule has 0 spiro atoms. The molecule has 0 saturated carbocycles. The molecule has 0 radical (unpaired) electrons. The monoisotopic (exact) mass is 410 g/mol. The highest BCUT2D eigenvalue weighted by Gasteiger charge is 2.52. The van der Waals surface area contributed by atoms with E-state index >= 15 is 0 Å². The number of likely N-dealkylation sites (N-methyl/N-ethyl adjacent to an activating group) is 1. The number of carbonyl (C=O) groups is 1. The summed E-state index contributed by atoms with van der Waals surface area (Å²) in [6.45, 7) is 0.951. The third-order valence-corrected chi connectivity index (χ3v) is 4.97. The molecule has 1 N–H and O–H groups in total. The maximum absolute atomic E-state index is 13.7. The summed E-state index contributed by atoms with van der Waals surface area (Å²) in [4.78, 5) is 16.5. The smallest absolute Gasteiger partial charge is 0.268 e. The van der Waals surface area contributed by atoms with Crippen molar-refractivity contribution in [3.63, 3.8) is 0 Å². The summed E-state index contributed by atoms with van der Waals surface area (Å²) in [7, 11) is 3.76. The summed E-state index contributed by atoms with van der Waals surface area (Å²) in [5.41, 5.74) is -1.19. The van der Waals surface area contributed by atoms with Crippen LogP contribution in [0.15, 0.2) is 40.9 Å². The van der Waals surface area contributed by atoms with E-state index < -0.39 is 23.1 Å². The fourth-order valence-corrected chi connectivity index (χ4v) is 3.66. The fraction of sp³-hybridized carbons (Fsp3) is 0.278. The van der Waals surface area contributed by atoms with Crippen LogP contribution in [0.1, 0.15) is 11.1 Å². The molecule has 1 atom stereocenters. The Morgan fingerprint density at radius 1 is 1.20 bits per heavy atom. The Balaban J connectivity index is 2.17. The molecule has 0 aliphatic carbocycles. The summed E-state index contributed by atoms with van der Waals surface area (Å²) in [5.74, 6) is -2.73. The second-order valence-electron chi connectivity index (χ2n) is 6.23. The summed E-state index contributed by atoms with van der Waals surface area (Å²) in [6.07, 6.45) is 0. The van der Waals surface area contributed by atoms with Crippen molar-refractivity contribution in [3.8, 4) is 0 Å². The lowest BCUT2D eigenvalue weighted by atomic mass is 9.87. The van der Waals surface area contributed by atoms with Gasteiger partial charge in [0.2, 0.25) is 0 Å². The zero-order valence-corrected chi connectivity index (χ0v) is 15.3. The fourth-order valence-electron chi connectivity index (χ4n) is 3.02.